The Morgan fingerprint density at radius 3 is 2.48 bits per heavy atom. The number of benzene rings is 1. The Labute approximate surface area is 199 Å². The van der Waals surface area contributed by atoms with Crippen LogP contribution in [0.5, 0.6) is 0 Å². The maximum atomic E-state index is 15.9. The molecule has 2 aromatic heterocycles. The molecule has 8 heteroatoms. The van der Waals surface area contributed by atoms with Crippen LogP contribution in [0.25, 0.3) is 5.57 Å². The Morgan fingerprint density at radius 1 is 1.06 bits per heavy atom. The molecule has 0 fully saturated rings. The van der Waals surface area contributed by atoms with Crippen molar-refractivity contribution in [2.75, 3.05) is 0 Å². The second-order valence-electron chi connectivity index (χ2n) is 8.00. The Morgan fingerprint density at radius 2 is 1.77 bits per heavy atom. The Kier molecular flexibility index (Phi) is 5.05. The Balaban J connectivity index is 1.83. The van der Waals surface area contributed by atoms with Gasteiger partial charge in [0.15, 0.2) is 0 Å². The van der Waals surface area contributed by atoms with Crippen molar-refractivity contribution in [1.29, 1.82) is 0 Å². The number of thiophene rings is 1. The summed E-state index contributed by atoms with van der Waals surface area (Å²) in [4.78, 5) is 0. The van der Waals surface area contributed by atoms with Gasteiger partial charge in [-0.05, 0) is 0 Å². The van der Waals surface area contributed by atoms with Gasteiger partial charge in [-0.3, -0.25) is 0 Å². The van der Waals surface area contributed by atoms with Crippen LogP contribution in [0.3, 0.4) is 0 Å². The van der Waals surface area contributed by atoms with Crippen molar-refractivity contribution in [3.05, 3.63) is 86.1 Å². The van der Waals surface area contributed by atoms with Crippen molar-refractivity contribution in [2.45, 2.75) is 27.7 Å². The number of rotatable bonds is 3. The van der Waals surface area contributed by atoms with E-state index in [0.717, 1.165) is 26.1 Å². The monoisotopic (exact) mass is 564 g/mol. The summed E-state index contributed by atoms with van der Waals surface area (Å²) >= 11 is 5.45. The third-order valence-corrected chi connectivity index (χ3v) is 10.1. The average molecular weight is 564 g/mol. The third-order valence-electron chi connectivity index (χ3n) is 5.83. The van der Waals surface area contributed by atoms with Crippen molar-refractivity contribution in [1.82, 2.24) is 4.48 Å². The third kappa shape index (κ3) is 3.19. The van der Waals surface area contributed by atoms with E-state index in [1.54, 1.807) is 25.2 Å². The predicted octanol–water partition coefficient (Wildman–Crippen LogP) is 5.01. The van der Waals surface area contributed by atoms with Crippen molar-refractivity contribution >= 4 is 68.7 Å². The van der Waals surface area contributed by atoms with Crippen molar-refractivity contribution in [3.63, 3.8) is 0 Å². The van der Waals surface area contributed by atoms with Gasteiger partial charge in [0.1, 0.15) is 0 Å². The fourth-order valence-corrected chi connectivity index (χ4v) is 9.81. The van der Waals surface area contributed by atoms with Crippen LogP contribution < -0.4 is 8.24 Å². The molecule has 0 radical (unpaired) electrons. The molecule has 5 rings (SSSR count). The molecule has 0 saturated heterocycles. The van der Waals surface area contributed by atoms with Crippen molar-refractivity contribution < 1.29 is 13.1 Å². The van der Waals surface area contributed by atoms with Gasteiger partial charge in [0.05, 0.1) is 0 Å². The molecule has 31 heavy (non-hydrogen) atoms. The standard InChI is InChI=1S/C23H20BBrF2N2SSe/c1-13-10-15(3)28-21(13)20(22-14(2)11-16(4)29(22)24(28,26)27)18-12-19(25)30-23(18)31-17-8-6-5-7-9-17/h5-12H,1-4H3. The second-order valence-corrected chi connectivity index (χ2v) is 13.3. The van der Waals surface area contributed by atoms with E-state index in [9.17, 15) is 0 Å². The van der Waals surface area contributed by atoms with E-state index in [0.29, 0.717) is 22.8 Å². The SMILES string of the molecule is CC1=CC(C)=[N+]2C1=C(c1cc(Br)sc1[Se]c1ccccc1)c1c(C)cc(C)n1[B-]2(F)F. The number of fused-ring (bicyclic) bond motifs is 2. The van der Waals surface area contributed by atoms with E-state index in [2.05, 4.69) is 34.1 Å². The summed E-state index contributed by atoms with van der Waals surface area (Å²) in [6, 6.07) is 14.4. The molecule has 158 valence electrons. The molecule has 1 aromatic carbocycles. The van der Waals surface area contributed by atoms with Gasteiger partial charge < -0.3 is 0 Å². The van der Waals surface area contributed by atoms with E-state index in [-0.39, 0.29) is 15.0 Å². The quantitative estimate of drug-likeness (QED) is 0.396. The van der Waals surface area contributed by atoms with E-state index < -0.39 is 6.97 Å². The van der Waals surface area contributed by atoms with E-state index in [1.807, 2.05) is 44.2 Å². The van der Waals surface area contributed by atoms with Gasteiger partial charge in [-0.2, -0.15) is 0 Å². The predicted molar refractivity (Wildman–Crippen MR) is 131 cm³/mol. The van der Waals surface area contributed by atoms with Gasteiger partial charge in [-0.1, -0.05) is 0 Å². The summed E-state index contributed by atoms with van der Waals surface area (Å²) in [6.45, 7) is 3.48. The molecule has 0 aliphatic carbocycles. The van der Waals surface area contributed by atoms with Crippen LogP contribution in [0.1, 0.15) is 36.4 Å². The average Bonchev–Trinajstić information content (AvgIpc) is 3.31. The maximum absolute atomic E-state index is 15.9. The number of nitrogens with zero attached hydrogens (tertiary/aromatic N) is 2. The van der Waals surface area contributed by atoms with Crippen LogP contribution in [-0.2, 0) is 0 Å². The van der Waals surface area contributed by atoms with E-state index in [4.69, 9.17) is 0 Å². The molecule has 0 atom stereocenters. The van der Waals surface area contributed by atoms with E-state index in [1.165, 1.54) is 17.2 Å². The molecule has 0 spiro atoms. The van der Waals surface area contributed by atoms with Gasteiger partial charge in [0.2, 0.25) is 0 Å². The zero-order valence-corrected chi connectivity index (χ0v) is 21.7. The molecule has 2 aliphatic rings. The fourth-order valence-electron chi connectivity index (χ4n) is 4.74. The molecule has 0 amide bonds. The van der Waals surface area contributed by atoms with Crippen LogP contribution in [-0.4, -0.2) is 36.6 Å². The van der Waals surface area contributed by atoms with Gasteiger partial charge in [0.25, 0.3) is 0 Å². The van der Waals surface area contributed by atoms with Gasteiger partial charge in [-0.25, -0.2) is 0 Å². The first kappa shape index (κ1) is 21.1. The van der Waals surface area contributed by atoms with Gasteiger partial charge >= 0.3 is 200 Å². The molecule has 4 heterocycles. The minimum absolute atomic E-state index is 0.0755. The molecular weight excluding hydrogens is 544 g/mol. The molecule has 0 saturated carbocycles. The Bertz CT molecular complexity index is 1340. The summed E-state index contributed by atoms with van der Waals surface area (Å²) in [5, 5.41) is 0. The molecule has 0 bridgehead atoms. The van der Waals surface area contributed by atoms with Gasteiger partial charge in [0, 0.05) is 0 Å². The van der Waals surface area contributed by atoms with Crippen LogP contribution in [0.2, 0.25) is 0 Å². The molecule has 0 unspecified atom stereocenters. The number of halogens is 3. The summed E-state index contributed by atoms with van der Waals surface area (Å²) in [5.41, 5.74) is 6.22. The topological polar surface area (TPSA) is 7.94 Å². The normalized spacial score (nSPS) is 17.2. The molecule has 3 aromatic rings. The first-order valence-corrected chi connectivity index (χ1v) is 13.3. The zero-order valence-electron chi connectivity index (χ0n) is 17.5. The van der Waals surface area contributed by atoms with Gasteiger partial charge in [-0.15, -0.1) is 0 Å². The van der Waals surface area contributed by atoms with Crippen LogP contribution in [0.4, 0.5) is 8.63 Å². The minimum atomic E-state index is -3.95. The molecule has 2 nitrogen and oxygen atoms in total. The molecule has 0 N–H and O–H groups in total. The number of hydrogen-bond acceptors (Lipinski definition) is 1. The molecule has 2 aliphatic heterocycles. The first-order chi connectivity index (χ1) is 14.7. The summed E-state index contributed by atoms with van der Waals surface area (Å²) in [7, 11) is 0. The first-order valence-electron chi connectivity index (χ1n) is 10.00. The number of aryl methyl sites for hydroxylation is 2. The van der Waals surface area contributed by atoms with Crippen LogP contribution >= 0.6 is 27.3 Å². The summed E-state index contributed by atoms with van der Waals surface area (Å²) in [6.07, 6.45) is 1.88. The number of allylic oxidation sites excluding steroid dienone is 2. The molecular formula is C23H20BBrF2N2SSe. The van der Waals surface area contributed by atoms with E-state index >= 15 is 8.63 Å². The summed E-state index contributed by atoms with van der Waals surface area (Å²) < 4.78 is 37.8. The Hall–Kier alpha value is -1.73. The fraction of sp³-hybridized carbons (Fsp3) is 0.174. The second kappa shape index (κ2) is 7.41. The van der Waals surface area contributed by atoms with Crippen LogP contribution in [0, 0.1) is 13.8 Å². The number of aromatic nitrogens is 1. The summed E-state index contributed by atoms with van der Waals surface area (Å²) in [5.74, 6) is 0. The van der Waals surface area contributed by atoms with Crippen molar-refractivity contribution in [2.24, 2.45) is 0 Å². The van der Waals surface area contributed by atoms with Crippen LogP contribution in [0.15, 0.2) is 63.6 Å². The number of hydrogen-bond donors (Lipinski definition) is 0. The zero-order chi connectivity index (χ0) is 22.1. The van der Waals surface area contributed by atoms with Crippen molar-refractivity contribution in [3.8, 4) is 0 Å².